The summed E-state index contributed by atoms with van der Waals surface area (Å²) in [5, 5.41) is 12.2. The van der Waals surface area contributed by atoms with Crippen LogP contribution in [0.4, 0.5) is 5.69 Å². The van der Waals surface area contributed by atoms with Crippen LogP contribution in [0.3, 0.4) is 0 Å². The number of amidine groups is 1. The number of nitrogens with one attached hydrogen (secondary N) is 1. The van der Waals surface area contributed by atoms with Crippen LogP contribution in [-0.4, -0.2) is 38.7 Å². The number of nitrogens with zero attached hydrogens (tertiary/aromatic N) is 3. The van der Waals surface area contributed by atoms with E-state index in [1.165, 1.54) is 12.1 Å². The molecule has 1 aliphatic carbocycles. The summed E-state index contributed by atoms with van der Waals surface area (Å²) < 4.78 is 29.6. The molecule has 0 aromatic heterocycles. The van der Waals surface area contributed by atoms with Crippen LogP contribution in [-0.2, 0) is 14.8 Å². The van der Waals surface area contributed by atoms with Gasteiger partial charge in [-0.2, -0.15) is 13.7 Å². The van der Waals surface area contributed by atoms with Crippen molar-refractivity contribution in [2.75, 3.05) is 18.9 Å². The predicted molar refractivity (Wildman–Crippen MR) is 107 cm³/mol. The first-order valence-corrected chi connectivity index (χ1v) is 11.2. The molecule has 2 fully saturated rings. The molecule has 150 valence electrons. The molecule has 28 heavy (non-hydrogen) atoms. The van der Waals surface area contributed by atoms with Crippen LogP contribution in [0.1, 0.15) is 51.4 Å². The van der Waals surface area contributed by atoms with Crippen molar-refractivity contribution in [3.63, 3.8) is 0 Å². The number of hydrogen-bond donors (Lipinski definition) is 1. The van der Waals surface area contributed by atoms with Gasteiger partial charge in [-0.1, -0.05) is 25.3 Å². The summed E-state index contributed by atoms with van der Waals surface area (Å²) >= 11 is 0. The fourth-order valence-corrected chi connectivity index (χ4v) is 4.93. The lowest BCUT2D eigenvalue weighted by Crippen LogP contribution is -2.32. The monoisotopic (exact) mass is 402 g/mol. The lowest BCUT2D eigenvalue weighted by molar-refractivity contribution is -0.122. The molecule has 1 heterocycles. The van der Waals surface area contributed by atoms with Gasteiger partial charge in [-0.15, -0.1) is 4.40 Å². The lowest BCUT2D eigenvalue weighted by Gasteiger charge is -2.19. The molecule has 1 N–H and O–H groups in total. The first-order chi connectivity index (χ1) is 13.4. The van der Waals surface area contributed by atoms with E-state index in [9.17, 15) is 18.5 Å². The molecule has 8 heteroatoms. The van der Waals surface area contributed by atoms with E-state index in [2.05, 4.69) is 15.8 Å². The van der Waals surface area contributed by atoms with E-state index in [1.807, 2.05) is 11.9 Å². The molecule has 1 aliphatic heterocycles. The number of nitriles is 1. The van der Waals surface area contributed by atoms with Gasteiger partial charge in [0.25, 0.3) is 10.0 Å². The summed E-state index contributed by atoms with van der Waals surface area (Å²) in [6, 6.07) is 8.24. The fourth-order valence-electron chi connectivity index (χ4n) is 3.79. The number of anilines is 1. The van der Waals surface area contributed by atoms with Crippen LogP contribution >= 0.6 is 0 Å². The van der Waals surface area contributed by atoms with Crippen molar-refractivity contribution in [2.45, 2.75) is 56.3 Å². The van der Waals surface area contributed by atoms with Gasteiger partial charge >= 0.3 is 0 Å². The number of carbonyl (C=O) groups excluding carboxylic acids is 1. The van der Waals surface area contributed by atoms with Crippen molar-refractivity contribution in [1.29, 1.82) is 5.26 Å². The minimum atomic E-state index is -3.88. The molecule has 1 aromatic carbocycles. The van der Waals surface area contributed by atoms with Crippen LogP contribution in [0.25, 0.3) is 0 Å². The highest BCUT2D eigenvalue weighted by Gasteiger charge is 2.41. The van der Waals surface area contributed by atoms with Gasteiger partial charge in [0.05, 0.1) is 11.0 Å². The van der Waals surface area contributed by atoms with E-state index in [1.54, 1.807) is 12.1 Å². The predicted octanol–water partition coefficient (Wildman–Crippen LogP) is 3.30. The number of benzene rings is 1. The van der Waals surface area contributed by atoms with Gasteiger partial charge in [-0.3, -0.25) is 4.79 Å². The average molecular weight is 403 g/mol. The molecule has 0 unspecified atom stereocenters. The normalized spacial score (nSPS) is 21.1. The molecule has 2 aliphatic rings. The van der Waals surface area contributed by atoms with Gasteiger partial charge in [0.2, 0.25) is 5.91 Å². The van der Waals surface area contributed by atoms with Crippen molar-refractivity contribution in [2.24, 2.45) is 9.81 Å². The van der Waals surface area contributed by atoms with Gasteiger partial charge in [-0.25, -0.2) is 0 Å². The van der Waals surface area contributed by atoms with Crippen molar-refractivity contribution in [3.05, 3.63) is 24.3 Å². The van der Waals surface area contributed by atoms with E-state index >= 15 is 0 Å². The first-order valence-electron chi connectivity index (χ1n) is 9.74. The van der Waals surface area contributed by atoms with Gasteiger partial charge < -0.3 is 10.2 Å². The van der Waals surface area contributed by atoms with E-state index in [4.69, 9.17) is 0 Å². The molecule has 1 amide bonds. The molecule has 1 saturated heterocycles. The molecule has 0 bridgehead atoms. The minimum absolute atomic E-state index is 0.0351. The van der Waals surface area contributed by atoms with Gasteiger partial charge in [0.15, 0.2) is 0 Å². The Morgan fingerprint density at radius 2 is 1.96 bits per heavy atom. The number of amides is 1. The Balaban J connectivity index is 1.82. The average Bonchev–Trinajstić information content (AvgIpc) is 3.09. The maximum atomic E-state index is 12.8. The van der Waals surface area contributed by atoms with Crippen molar-refractivity contribution in [1.82, 2.24) is 4.90 Å². The highest BCUT2D eigenvalue weighted by Crippen LogP contribution is 2.38. The second-order valence-corrected chi connectivity index (χ2v) is 9.20. The van der Waals surface area contributed by atoms with Gasteiger partial charge in [0, 0.05) is 25.7 Å². The first kappa shape index (κ1) is 20.3. The Bertz CT molecular complexity index is 912. The molecule has 3 rings (SSSR count). The van der Waals surface area contributed by atoms with Gasteiger partial charge in [0.1, 0.15) is 11.3 Å². The summed E-state index contributed by atoms with van der Waals surface area (Å²) in [6.45, 7) is 0.792. The molecule has 7 nitrogen and oxygen atoms in total. The molecular formula is C20H26N4O3S. The molecular weight excluding hydrogens is 376 g/mol. The molecule has 1 aromatic rings. The standard InChI is InChI=1S/C20H26N4O3S/c1-24-13-6-2-3-10-18(24)23-28(26,27)17-9-7-8-16(14-17)22-19(25)20(15-21)11-4-5-12-20/h7-9,14H,2-6,10-13H2,1H3,(H,22,25). The van der Waals surface area contributed by atoms with Crippen LogP contribution in [0, 0.1) is 16.7 Å². The highest BCUT2D eigenvalue weighted by atomic mass is 32.2. The highest BCUT2D eigenvalue weighted by molar-refractivity contribution is 7.90. The smallest absolute Gasteiger partial charge is 0.284 e. The third-order valence-corrected chi connectivity index (χ3v) is 6.86. The Labute approximate surface area is 166 Å². The number of carbonyl (C=O) groups is 1. The molecule has 0 radical (unpaired) electrons. The zero-order chi connectivity index (χ0) is 20.2. The summed E-state index contributed by atoms with van der Waals surface area (Å²) in [5.74, 6) is 0.207. The Hall–Kier alpha value is -2.40. The summed E-state index contributed by atoms with van der Waals surface area (Å²) in [4.78, 5) is 14.5. The van der Waals surface area contributed by atoms with E-state index in [0.29, 0.717) is 30.8 Å². The maximum absolute atomic E-state index is 12.8. The molecule has 1 saturated carbocycles. The van der Waals surface area contributed by atoms with Gasteiger partial charge in [-0.05, 0) is 43.9 Å². The van der Waals surface area contributed by atoms with Crippen LogP contribution < -0.4 is 5.32 Å². The van der Waals surface area contributed by atoms with E-state index in [0.717, 1.165) is 38.6 Å². The summed E-state index contributed by atoms with van der Waals surface area (Å²) in [5.41, 5.74) is -0.653. The Morgan fingerprint density at radius 3 is 2.68 bits per heavy atom. The van der Waals surface area contributed by atoms with Crippen molar-refractivity contribution < 1.29 is 13.2 Å². The third kappa shape index (κ3) is 4.36. The van der Waals surface area contributed by atoms with Crippen LogP contribution in [0.15, 0.2) is 33.6 Å². The summed E-state index contributed by atoms with van der Waals surface area (Å²) in [6.07, 6.45) is 6.41. The number of rotatable bonds is 4. The largest absolute Gasteiger partial charge is 0.362 e. The van der Waals surface area contributed by atoms with Crippen LogP contribution in [0.5, 0.6) is 0 Å². The summed E-state index contributed by atoms with van der Waals surface area (Å²) in [7, 11) is -2.02. The Kier molecular flexibility index (Phi) is 6.04. The van der Waals surface area contributed by atoms with E-state index < -0.39 is 15.4 Å². The molecule has 0 spiro atoms. The number of likely N-dealkylation sites (tertiary alicyclic amines) is 1. The Morgan fingerprint density at radius 1 is 1.21 bits per heavy atom. The maximum Gasteiger partial charge on any atom is 0.284 e. The quantitative estimate of drug-likeness (QED) is 0.832. The van der Waals surface area contributed by atoms with Crippen molar-refractivity contribution >= 4 is 27.5 Å². The number of hydrogen-bond acceptors (Lipinski definition) is 4. The second-order valence-electron chi connectivity index (χ2n) is 7.60. The number of sulfonamides is 1. The topological polar surface area (TPSA) is 103 Å². The molecule has 0 atom stereocenters. The zero-order valence-electron chi connectivity index (χ0n) is 16.1. The fraction of sp³-hybridized carbons (Fsp3) is 0.550. The lowest BCUT2D eigenvalue weighted by atomic mass is 9.87. The van der Waals surface area contributed by atoms with Crippen molar-refractivity contribution in [3.8, 4) is 6.07 Å². The third-order valence-electron chi connectivity index (χ3n) is 5.56. The SMILES string of the molecule is CN1CCCCCC1=NS(=O)(=O)c1cccc(NC(=O)C2(C#N)CCCC2)c1. The minimum Gasteiger partial charge on any atom is -0.362 e. The van der Waals surface area contributed by atoms with Crippen LogP contribution in [0.2, 0.25) is 0 Å². The zero-order valence-corrected chi connectivity index (χ0v) is 17.0. The van der Waals surface area contributed by atoms with E-state index in [-0.39, 0.29) is 10.8 Å². The second kappa shape index (κ2) is 8.31.